The summed E-state index contributed by atoms with van der Waals surface area (Å²) >= 11 is 0. The van der Waals surface area contributed by atoms with E-state index in [1.54, 1.807) is 10.9 Å². The minimum absolute atomic E-state index is 0.210. The molecule has 1 N–H and O–H groups in total. The fraction of sp³-hybridized carbons (Fsp3) is 0.714. The number of carbonyl (C=O) groups excluding carboxylic acids is 1. The first-order valence-corrected chi connectivity index (χ1v) is 7.35. The molecule has 1 amide bonds. The number of rotatable bonds is 3. The molecule has 5 heteroatoms. The van der Waals surface area contributed by atoms with Crippen molar-refractivity contribution in [1.29, 1.82) is 0 Å². The number of amides is 1. The zero-order chi connectivity index (χ0) is 13.1. The Morgan fingerprint density at radius 3 is 3.00 bits per heavy atom. The summed E-state index contributed by atoms with van der Waals surface area (Å²) in [6, 6.07) is 2.75. The van der Waals surface area contributed by atoms with Gasteiger partial charge >= 0.3 is 0 Å². The van der Waals surface area contributed by atoms with Crippen LogP contribution in [0.1, 0.15) is 32.1 Å². The molecule has 1 aromatic rings. The van der Waals surface area contributed by atoms with Crippen molar-refractivity contribution in [3.63, 3.8) is 0 Å². The molecule has 0 aliphatic carbocycles. The lowest BCUT2D eigenvalue weighted by Gasteiger charge is -2.39. The van der Waals surface area contributed by atoms with Crippen LogP contribution in [-0.4, -0.2) is 45.8 Å². The Kier molecular flexibility index (Phi) is 3.82. The predicted octanol–water partition coefficient (Wildman–Crippen LogP) is 1.02. The second-order valence-electron chi connectivity index (χ2n) is 5.56. The molecule has 0 bridgehead atoms. The lowest BCUT2D eigenvalue weighted by atomic mass is 9.94. The van der Waals surface area contributed by atoms with E-state index in [1.165, 1.54) is 19.3 Å². The smallest absolute Gasteiger partial charge is 0.244 e. The van der Waals surface area contributed by atoms with Crippen molar-refractivity contribution in [2.45, 2.75) is 50.7 Å². The Balaban J connectivity index is 1.67. The standard InChI is InChI=1S/C14H22N4O/c19-14(11-17-9-4-8-16-17)18-10-2-1-6-13(18)12-5-3-7-15-12/h4,8-9,12-13,15H,1-3,5-7,10-11H2. The van der Waals surface area contributed by atoms with E-state index in [2.05, 4.69) is 15.3 Å². The Labute approximate surface area is 114 Å². The lowest BCUT2D eigenvalue weighted by molar-refractivity contribution is -0.136. The van der Waals surface area contributed by atoms with Gasteiger partial charge in [0.2, 0.25) is 5.91 Å². The van der Waals surface area contributed by atoms with Gasteiger partial charge in [0.15, 0.2) is 0 Å². The topological polar surface area (TPSA) is 50.2 Å². The summed E-state index contributed by atoms with van der Waals surface area (Å²) in [6.07, 6.45) is 9.54. The van der Waals surface area contributed by atoms with Gasteiger partial charge in [0, 0.05) is 31.0 Å². The van der Waals surface area contributed by atoms with Crippen LogP contribution in [0, 0.1) is 0 Å². The summed E-state index contributed by atoms with van der Waals surface area (Å²) in [5.74, 6) is 0.210. The number of hydrogen-bond acceptors (Lipinski definition) is 3. The maximum absolute atomic E-state index is 12.5. The fourth-order valence-electron chi connectivity index (χ4n) is 3.35. The van der Waals surface area contributed by atoms with Gasteiger partial charge in [-0.3, -0.25) is 9.48 Å². The molecule has 104 valence electrons. The number of nitrogens with zero attached hydrogens (tertiary/aromatic N) is 3. The van der Waals surface area contributed by atoms with Gasteiger partial charge in [0.25, 0.3) is 0 Å². The van der Waals surface area contributed by atoms with Crippen LogP contribution in [0.25, 0.3) is 0 Å². The van der Waals surface area contributed by atoms with Crippen LogP contribution in [-0.2, 0) is 11.3 Å². The van der Waals surface area contributed by atoms with E-state index in [0.29, 0.717) is 18.6 Å². The molecule has 0 radical (unpaired) electrons. The Morgan fingerprint density at radius 2 is 2.26 bits per heavy atom. The van der Waals surface area contributed by atoms with Crippen LogP contribution in [0.3, 0.4) is 0 Å². The molecule has 2 atom stereocenters. The van der Waals surface area contributed by atoms with Crippen LogP contribution in [0.5, 0.6) is 0 Å². The molecule has 0 aromatic carbocycles. The first-order chi connectivity index (χ1) is 9.34. The number of carbonyl (C=O) groups is 1. The zero-order valence-electron chi connectivity index (χ0n) is 11.3. The van der Waals surface area contributed by atoms with Crippen molar-refractivity contribution in [1.82, 2.24) is 20.0 Å². The maximum atomic E-state index is 12.5. The molecule has 2 aliphatic rings. The minimum Gasteiger partial charge on any atom is -0.337 e. The third-order valence-corrected chi connectivity index (χ3v) is 4.29. The average molecular weight is 262 g/mol. The summed E-state index contributed by atoms with van der Waals surface area (Å²) in [5.41, 5.74) is 0. The van der Waals surface area contributed by atoms with Crippen LogP contribution < -0.4 is 5.32 Å². The lowest BCUT2D eigenvalue weighted by Crippen LogP contribution is -2.53. The van der Waals surface area contributed by atoms with Crippen LogP contribution in [0.4, 0.5) is 0 Å². The SMILES string of the molecule is O=C(Cn1cccn1)N1CCCCC1C1CCCN1. The molecule has 3 heterocycles. The number of piperidine rings is 1. The molecule has 5 nitrogen and oxygen atoms in total. The van der Waals surface area contributed by atoms with Gasteiger partial charge in [-0.1, -0.05) is 0 Å². The molecule has 19 heavy (non-hydrogen) atoms. The molecular formula is C14H22N4O. The highest BCUT2D eigenvalue weighted by Gasteiger charge is 2.34. The van der Waals surface area contributed by atoms with Crippen molar-refractivity contribution in [2.75, 3.05) is 13.1 Å². The highest BCUT2D eigenvalue weighted by molar-refractivity contribution is 5.76. The molecular weight excluding hydrogens is 240 g/mol. The van der Waals surface area contributed by atoms with Gasteiger partial charge in [-0.2, -0.15) is 5.10 Å². The second kappa shape index (κ2) is 5.74. The van der Waals surface area contributed by atoms with E-state index < -0.39 is 0 Å². The third kappa shape index (κ3) is 2.81. The largest absolute Gasteiger partial charge is 0.337 e. The zero-order valence-corrected chi connectivity index (χ0v) is 11.3. The van der Waals surface area contributed by atoms with E-state index in [9.17, 15) is 4.79 Å². The normalized spacial score (nSPS) is 27.7. The van der Waals surface area contributed by atoms with E-state index in [0.717, 1.165) is 25.9 Å². The number of likely N-dealkylation sites (tertiary alicyclic amines) is 1. The molecule has 0 spiro atoms. The summed E-state index contributed by atoms with van der Waals surface area (Å²) in [4.78, 5) is 14.6. The van der Waals surface area contributed by atoms with Crippen molar-refractivity contribution < 1.29 is 4.79 Å². The predicted molar refractivity (Wildman–Crippen MR) is 72.6 cm³/mol. The Bertz CT molecular complexity index is 411. The molecule has 1 aromatic heterocycles. The van der Waals surface area contributed by atoms with Crippen molar-refractivity contribution in [3.8, 4) is 0 Å². The molecule has 2 fully saturated rings. The number of nitrogens with one attached hydrogen (secondary N) is 1. The van der Waals surface area contributed by atoms with Gasteiger partial charge in [0.1, 0.15) is 6.54 Å². The van der Waals surface area contributed by atoms with E-state index in [4.69, 9.17) is 0 Å². The number of aromatic nitrogens is 2. The van der Waals surface area contributed by atoms with Gasteiger partial charge in [-0.05, 0) is 44.7 Å². The first kappa shape index (κ1) is 12.7. The molecule has 0 saturated carbocycles. The van der Waals surface area contributed by atoms with Crippen molar-refractivity contribution in [3.05, 3.63) is 18.5 Å². The van der Waals surface area contributed by atoms with Crippen molar-refractivity contribution in [2.24, 2.45) is 0 Å². The second-order valence-corrected chi connectivity index (χ2v) is 5.56. The first-order valence-electron chi connectivity index (χ1n) is 7.35. The van der Waals surface area contributed by atoms with Crippen LogP contribution in [0.2, 0.25) is 0 Å². The van der Waals surface area contributed by atoms with E-state index in [-0.39, 0.29) is 5.91 Å². The quantitative estimate of drug-likeness (QED) is 0.884. The highest BCUT2D eigenvalue weighted by atomic mass is 16.2. The number of hydrogen-bond donors (Lipinski definition) is 1. The van der Waals surface area contributed by atoms with E-state index in [1.807, 2.05) is 12.3 Å². The summed E-state index contributed by atoms with van der Waals surface area (Å²) < 4.78 is 1.72. The average Bonchev–Trinajstić information content (AvgIpc) is 3.11. The Morgan fingerprint density at radius 1 is 1.32 bits per heavy atom. The van der Waals surface area contributed by atoms with Crippen molar-refractivity contribution >= 4 is 5.91 Å². The van der Waals surface area contributed by atoms with Gasteiger partial charge in [-0.15, -0.1) is 0 Å². The van der Waals surface area contributed by atoms with Crippen LogP contribution in [0.15, 0.2) is 18.5 Å². The highest BCUT2D eigenvalue weighted by Crippen LogP contribution is 2.24. The van der Waals surface area contributed by atoms with Gasteiger partial charge < -0.3 is 10.2 Å². The molecule has 2 saturated heterocycles. The molecule has 2 unspecified atom stereocenters. The minimum atomic E-state index is 0.210. The fourth-order valence-corrected chi connectivity index (χ4v) is 3.35. The van der Waals surface area contributed by atoms with Crippen LogP contribution >= 0.6 is 0 Å². The third-order valence-electron chi connectivity index (χ3n) is 4.29. The molecule has 3 rings (SSSR count). The summed E-state index contributed by atoms with van der Waals surface area (Å²) in [5, 5.41) is 7.68. The maximum Gasteiger partial charge on any atom is 0.244 e. The van der Waals surface area contributed by atoms with Gasteiger partial charge in [-0.25, -0.2) is 0 Å². The Hall–Kier alpha value is -1.36. The van der Waals surface area contributed by atoms with Gasteiger partial charge in [0.05, 0.1) is 0 Å². The molecule has 2 aliphatic heterocycles. The summed E-state index contributed by atoms with van der Waals surface area (Å²) in [6.45, 7) is 2.38. The monoisotopic (exact) mass is 262 g/mol. The summed E-state index contributed by atoms with van der Waals surface area (Å²) in [7, 11) is 0. The van der Waals surface area contributed by atoms with E-state index >= 15 is 0 Å².